The van der Waals surface area contributed by atoms with Crippen LogP contribution in [0.2, 0.25) is 0 Å². The molecule has 2 aromatic rings. The van der Waals surface area contributed by atoms with Crippen molar-refractivity contribution in [2.24, 2.45) is 5.92 Å². The minimum atomic E-state index is -0.713. The topological polar surface area (TPSA) is 40.5 Å². The standard InChI is InChI=1S/C21H25NO2/c1-16(2)22-15-19(13-14-23)21(20(22)24,17-9-5-3-6-10-17)18-11-7-4-8-12-18/h3-12,16,19,23H,13-15H2,1-2H3. The van der Waals surface area contributed by atoms with Gasteiger partial charge in [-0.15, -0.1) is 0 Å². The molecule has 0 aliphatic carbocycles. The van der Waals surface area contributed by atoms with Gasteiger partial charge in [0.1, 0.15) is 5.41 Å². The van der Waals surface area contributed by atoms with Crippen LogP contribution in [0.5, 0.6) is 0 Å². The van der Waals surface area contributed by atoms with Gasteiger partial charge >= 0.3 is 0 Å². The largest absolute Gasteiger partial charge is 0.396 e. The SMILES string of the molecule is CC(C)N1CC(CCO)C(c2ccccc2)(c2ccccc2)C1=O. The third-order valence-corrected chi connectivity index (χ3v) is 5.19. The van der Waals surface area contributed by atoms with Gasteiger partial charge in [0.25, 0.3) is 0 Å². The molecule has 0 aromatic heterocycles. The molecule has 0 saturated carbocycles. The summed E-state index contributed by atoms with van der Waals surface area (Å²) in [5, 5.41) is 9.63. The summed E-state index contributed by atoms with van der Waals surface area (Å²) in [6, 6.07) is 20.2. The molecule has 1 fully saturated rings. The van der Waals surface area contributed by atoms with Crippen LogP contribution in [-0.2, 0) is 10.2 Å². The lowest BCUT2D eigenvalue weighted by Crippen LogP contribution is -2.43. The Kier molecular flexibility index (Phi) is 4.72. The molecular formula is C21H25NO2. The maximum Gasteiger partial charge on any atom is 0.238 e. The molecule has 1 heterocycles. The van der Waals surface area contributed by atoms with Crippen LogP contribution < -0.4 is 0 Å². The monoisotopic (exact) mass is 323 g/mol. The summed E-state index contributed by atoms with van der Waals surface area (Å²) in [5.41, 5.74) is 1.32. The summed E-state index contributed by atoms with van der Waals surface area (Å²) in [6.07, 6.45) is 0.610. The molecule has 3 rings (SSSR count). The molecule has 0 spiro atoms. The second-order valence-corrected chi connectivity index (χ2v) is 6.80. The van der Waals surface area contributed by atoms with Crippen LogP contribution >= 0.6 is 0 Å². The molecule has 1 amide bonds. The lowest BCUT2D eigenvalue weighted by atomic mass is 9.66. The Hall–Kier alpha value is -2.13. The van der Waals surface area contributed by atoms with Crippen molar-refractivity contribution in [1.29, 1.82) is 0 Å². The fourth-order valence-corrected chi connectivity index (χ4v) is 4.05. The maximum atomic E-state index is 13.6. The van der Waals surface area contributed by atoms with Crippen molar-refractivity contribution < 1.29 is 9.90 Å². The first-order chi connectivity index (χ1) is 11.6. The van der Waals surface area contributed by atoms with Crippen LogP contribution in [0.1, 0.15) is 31.4 Å². The minimum Gasteiger partial charge on any atom is -0.396 e. The predicted octanol–water partition coefficient (Wildman–Crippen LogP) is 3.22. The molecule has 24 heavy (non-hydrogen) atoms. The summed E-state index contributed by atoms with van der Waals surface area (Å²) in [5.74, 6) is 0.204. The van der Waals surface area contributed by atoms with Crippen LogP contribution in [-0.4, -0.2) is 35.1 Å². The molecular weight excluding hydrogens is 298 g/mol. The Morgan fingerprint density at radius 3 is 1.96 bits per heavy atom. The lowest BCUT2D eigenvalue weighted by molar-refractivity contribution is -0.132. The number of hydrogen-bond donors (Lipinski definition) is 1. The van der Waals surface area contributed by atoms with E-state index in [2.05, 4.69) is 13.8 Å². The first-order valence-electron chi connectivity index (χ1n) is 8.65. The van der Waals surface area contributed by atoms with Crippen molar-refractivity contribution in [2.45, 2.75) is 31.7 Å². The summed E-state index contributed by atoms with van der Waals surface area (Å²) in [7, 11) is 0. The van der Waals surface area contributed by atoms with E-state index in [0.717, 1.165) is 11.1 Å². The predicted molar refractivity (Wildman–Crippen MR) is 95.7 cm³/mol. The Bertz CT molecular complexity index is 642. The van der Waals surface area contributed by atoms with E-state index in [1.54, 1.807) is 0 Å². The van der Waals surface area contributed by atoms with Crippen molar-refractivity contribution >= 4 is 5.91 Å². The average Bonchev–Trinajstić information content (AvgIpc) is 2.90. The Morgan fingerprint density at radius 1 is 1.04 bits per heavy atom. The average molecular weight is 323 g/mol. The van der Waals surface area contributed by atoms with Gasteiger partial charge in [-0.3, -0.25) is 4.79 Å². The molecule has 126 valence electrons. The number of carbonyl (C=O) groups is 1. The number of aliphatic hydroxyl groups excluding tert-OH is 1. The van der Waals surface area contributed by atoms with E-state index in [9.17, 15) is 9.90 Å². The van der Waals surface area contributed by atoms with E-state index in [0.29, 0.717) is 13.0 Å². The fourth-order valence-electron chi connectivity index (χ4n) is 4.05. The summed E-state index contributed by atoms with van der Waals surface area (Å²) in [4.78, 5) is 15.6. The van der Waals surface area contributed by atoms with Gasteiger partial charge in [-0.1, -0.05) is 60.7 Å². The van der Waals surface area contributed by atoms with E-state index < -0.39 is 5.41 Å². The Morgan fingerprint density at radius 2 is 1.54 bits per heavy atom. The molecule has 1 aliphatic heterocycles. The Balaban J connectivity index is 2.24. The van der Waals surface area contributed by atoms with E-state index >= 15 is 0 Å². The van der Waals surface area contributed by atoms with Crippen LogP contribution in [0.25, 0.3) is 0 Å². The molecule has 1 N–H and O–H groups in total. The van der Waals surface area contributed by atoms with Gasteiger partial charge in [0.15, 0.2) is 0 Å². The first kappa shape index (κ1) is 16.7. The second kappa shape index (κ2) is 6.78. The number of rotatable bonds is 5. The third kappa shape index (κ3) is 2.53. The van der Waals surface area contributed by atoms with Crippen LogP contribution in [0.15, 0.2) is 60.7 Å². The minimum absolute atomic E-state index is 0.0576. The van der Waals surface area contributed by atoms with Crippen LogP contribution in [0, 0.1) is 5.92 Å². The highest BCUT2D eigenvalue weighted by Crippen LogP contribution is 2.47. The van der Waals surface area contributed by atoms with Gasteiger partial charge in [-0.25, -0.2) is 0 Å². The fraction of sp³-hybridized carbons (Fsp3) is 0.381. The maximum absolute atomic E-state index is 13.6. The third-order valence-electron chi connectivity index (χ3n) is 5.19. The normalized spacial score (nSPS) is 19.9. The van der Waals surface area contributed by atoms with E-state index in [-0.39, 0.29) is 24.5 Å². The highest BCUT2D eigenvalue weighted by atomic mass is 16.3. The quantitative estimate of drug-likeness (QED) is 0.918. The number of aliphatic hydroxyl groups is 1. The lowest BCUT2D eigenvalue weighted by Gasteiger charge is -2.34. The van der Waals surface area contributed by atoms with Gasteiger partial charge in [0, 0.05) is 25.1 Å². The van der Waals surface area contributed by atoms with Crippen LogP contribution in [0.3, 0.4) is 0 Å². The molecule has 2 aromatic carbocycles. The van der Waals surface area contributed by atoms with Crippen molar-refractivity contribution in [3.05, 3.63) is 71.8 Å². The van der Waals surface area contributed by atoms with Gasteiger partial charge in [0.05, 0.1) is 0 Å². The van der Waals surface area contributed by atoms with E-state index in [4.69, 9.17) is 0 Å². The van der Waals surface area contributed by atoms with E-state index in [1.165, 1.54) is 0 Å². The molecule has 1 aliphatic rings. The number of carbonyl (C=O) groups excluding carboxylic acids is 1. The zero-order valence-electron chi connectivity index (χ0n) is 14.4. The smallest absolute Gasteiger partial charge is 0.238 e. The van der Waals surface area contributed by atoms with Gasteiger partial charge in [-0.2, -0.15) is 0 Å². The van der Waals surface area contributed by atoms with Crippen LogP contribution in [0.4, 0.5) is 0 Å². The second-order valence-electron chi connectivity index (χ2n) is 6.80. The number of amides is 1. The first-order valence-corrected chi connectivity index (χ1v) is 8.65. The highest BCUT2D eigenvalue weighted by Gasteiger charge is 2.56. The van der Waals surface area contributed by atoms with Crippen molar-refractivity contribution in [3.8, 4) is 0 Å². The molecule has 3 nitrogen and oxygen atoms in total. The number of hydrogen-bond acceptors (Lipinski definition) is 2. The van der Waals surface area contributed by atoms with Gasteiger partial charge in [0.2, 0.25) is 5.91 Å². The number of likely N-dealkylation sites (tertiary alicyclic amines) is 1. The molecule has 3 heteroatoms. The van der Waals surface area contributed by atoms with Crippen molar-refractivity contribution in [3.63, 3.8) is 0 Å². The van der Waals surface area contributed by atoms with Gasteiger partial charge < -0.3 is 10.0 Å². The number of nitrogens with zero attached hydrogens (tertiary/aromatic N) is 1. The molecule has 1 saturated heterocycles. The summed E-state index contributed by atoms with van der Waals surface area (Å²) >= 11 is 0. The highest BCUT2D eigenvalue weighted by molar-refractivity contribution is 5.95. The van der Waals surface area contributed by atoms with E-state index in [1.807, 2.05) is 65.6 Å². The number of benzene rings is 2. The van der Waals surface area contributed by atoms with Gasteiger partial charge in [-0.05, 0) is 31.4 Å². The molecule has 0 radical (unpaired) electrons. The van der Waals surface area contributed by atoms with Crippen molar-refractivity contribution in [1.82, 2.24) is 4.90 Å². The van der Waals surface area contributed by atoms with Crippen molar-refractivity contribution in [2.75, 3.05) is 13.2 Å². The summed E-state index contributed by atoms with van der Waals surface area (Å²) in [6.45, 7) is 4.88. The zero-order valence-corrected chi connectivity index (χ0v) is 14.4. The zero-order chi connectivity index (χ0) is 17.2. The summed E-state index contributed by atoms with van der Waals surface area (Å²) < 4.78 is 0. The molecule has 0 bridgehead atoms. The Labute approximate surface area is 143 Å². The molecule has 1 unspecified atom stereocenters. The molecule has 1 atom stereocenters.